The van der Waals surface area contributed by atoms with E-state index in [-0.39, 0.29) is 17.2 Å². The molecule has 1 saturated carbocycles. The van der Waals surface area contributed by atoms with Gasteiger partial charge >= 0.3 is 0 Å². The van der Waals surface area contributed by atoms with Gasteiger partial charge in [0.1, 0.15) is 0 Å². The predicted molar refractivity (Wildman–Crippen MR) is 94.0 cm³/mol. The highest BCUT2D eigenvalue weighted by molar-refractivity contribution is 6.12. The predicted octanol–water partition coefficient (Wildman–Crippen LogP) is 4.44. The molecule has 2 aliphatic rings. The first-order valence-electron chi connectivity index (χ1n) is 9.33. The molecule has 1 amide bonds. The summed E-state index contributed by atoms with van der Waals surface area (Å²) in [6.45, 7) is 12.2. The lowest BCUT2D eigenvalue weighted by molar-refractivity contribution is -0.144. The maximum Gasteiger partial charge on any atom is 0.226 e. The van der Waals surface area contributed by atoms with Crippen molar-refractivity contribution in [3.05, 3.63) is 0 Å². The number of carbonyl (C=O) groups is 1. The van der Waals surface area contributed by atoms with Crippen molar-refractivity contribution in [1.29, 1.82) is 0 Å². The molecule has 0 spiro atoms. The molecule has 4 atom stereocenters. The normalized spacial score (nSPS) is 37.7. The number of piperidine rings is 1. The van der Waals surface area contributed by atoms with Crippen molar-refractivity contribution in [2.45, 2.75) is 85.0 Å². The van der Waals surface area contributed by atoms with Gasteiger partial charge in [0, 0.05) is 18.5 Å². The minimum absolute atomic E-state index is 0.160. The molecule has 0 aromatic heterocycles. The third kappa shape index (κ3) is 3.38. The Kier molecular flexibility index (Phi) is 5.66. The minimum Gasteiger partial charge on any atom is -0.340 e. The van der Waals surface area contributed by atoms with E-state index in [1.807, 2.05) is 0 Å². The lowest BCUT2D eigenvalue weighted by atomic mass is 9.55. The first-order valence-corrected chi connectivity index (χ1v) is 9.33. The number of likely N-dealkylation sites (tertiary alicyclic amines) is 1. The van der Waals surface area contributed by atoms with Gasteiger partial charge in [0.05, 0.1) is 7.85 Å². The summed E-state index contributed by atoms with van der Waals surface area (Å²) in [7, 11) is 6.59. The Balaban J connectivity index is 2.24. The van der Waals surface area contributed by atoms with Crippen LogP contribution in [0.5, 0.6) is 0 Å². The molecule has 1 aliphatic heterocycles. The van der Waals surface area contributed by atoms with Gasteiger partial charge in [-0.2, -0.15) is 0 Å². The van der Waals surface area contributed by atoms with Gasteiger partial charge in [-0.25, -0.2) is 0 Å². The molecule has 0 aromatic rings. The quantitative estimate of drug-likeness (QED) is 0.690. The zero-order valence-electron chi connectivity index (χ0n) is 15.3. The van der Waals surface area contributed by atoms with E-state index in [1.165, 1.54) is 6.42 Å². The lowest BCUT2D eigenvalue weighted by Crippen LogP contribution is -2.49. The molecule has 124 valence electrons. The topological polar surface area (TPSA) is 20.3 Å². The van der Waals surface area contributed by atoms with E-state index in [2.05, 4.69) is 39.5 Å². The smallest absolute Gasteiger partial charge is 0.226 e. The Morgan fingerprint density at radius 1 is 1.14 bits per heavy atom. The van der Waals surface area contributed by atoms with E-state index < -0.39 is 0 Å². The molecule has 3 heteroatoms. The van der Waals surface area contributed by atoms with Crippen molar-refractivity contribution in [2.75, 3.05) is 6.54 Å². The van der Waals surface area contributed by atoms with Crippen LogP contribution in [0, 0.1) is 23.2 Å². The SMILES string of the molecule is [B]C1CCCCC2C(=O)N(C(C)C)CCC2CC1(C)C(C)C. The summed E-state index contributed by atoms with van der Waals surface area (Å²) in [6.07, 6.45) is 6.77. The first kappa shape index (κ1) is 17.9. The maximum atomic E-state index is 12.9. The van der Waals surface area contributed by atoms with Crippen molar-refractivity contribution >= 4 is 13.8 Å². The first-order chi connectivity index (χ1) is 10.3. The fourth-order valence-electron chi connectivity index (χ4n) is 4.59. The molecular formula is C19H34BNO. The Morgan fingerprint density at radius 2 is 1.77 bits per heavy atom. The second-order valence-corrected chi connectivity index (χ2v) is 8.54. The van der Waals surface area contributed by atoms with Gasteiger partial charge in [-0.15, -0.1) is 0 Å². The van der Waals surface area contributed by atoms with Crippen LogP contribution in [-0.4, -0.2) is 31.2 Å². The molecule has 22 heavy (non-hydrogen) atoms. The molecule has 2 fully saturated rings. The van der Waals surface area contributed by atoms with E-state index in [0.717, 1.165) is 38.6 Å². The molecule has 1 heterocycles. The van der Waals surface area contributed by atoms with Crippen LogP contribution in [0.15, 0.2) is 0 Å². The summed E-state index contributed by atoms with van der Waals surface area (Å²) in [6, 6.07) is 0.333. The molecule has 1 saturated heterocycles. The van der Waals surface area contributed by atoms with Crippen molar-refractivity contribution in [1.82, 2.24) is 4.90 Å². The lowest BCUT2D eigenvalue weighted by Gasteiger charge is -2.46. The fraction of sp³-hybridized carbons (Fsp3) is 0.947. The standard InChI is InChI=1S/C19H34BNO/c1-13(2)19(5)12-15-10-11-21(14(3)4)18(22)16(15)8-6-7-9-17(19)20/h13-17H,6-12H2,1-5H3. The van der Waals surface area contributed by atoms with Crippen LogP contribution in [0.2, 0.25) is 5.82 Å². The van der Waals surface area contributed by atoms with Crippen molar-refractivity contribution in [3.63, 3.8) is 0 Å². The molecule has 0 aromatic carbocycles. The zero-order chi connectivity index (χ0) is 16.5. The molecule has 2 nitrogen and oxygen atoms in total. The van der Waals surface area contributed by atoms with Gasteiger partial charge < -0.3 is 4.90 Å². The highest BCUT2D eigenvalue weighted by Crippen LogP contribution is 2.50. The summed E-state index contributed by atoms with van der Waals surface area (Å²) in [5, 5.41) is 0. The molecule has 2 rings (SSSR count). The van der Waals surface area contributed by atoms with Gasteiger partial charge in [-0.1, -0.05) is 45.9 Å². The van der Waals surface area contributed by atoms with E-state index in [4.69, 9.17) is 7.85 Å². The fourth-order valence-corrected chi connectivity index (χ4v) is 4.59. The Labute approximate surface area is 138 Å². The van der Waals surface area contributed by atoms with Crippen molar-refractivity contribution in [3.8, 4) is 0 Å². The van der Waals surface area contributed by atoms with E-state index >= 15 is 0 Å². The Hall–Kier alpha value is -0.465. The Bertz CT molecular complexity index is 395. The van der Waals surface area contributed by atoms with Gasteiger partial charge in [0.2, 0.25) is 5.91 Å². The van der Waals surface area contributed by atoms with Crippen LogP contribution in [-0.2, 0) is 4.79 Å². The van der Waals surface area contributed by atoms with Crippen LogP contribution in [0.1, 0.15) is 73.1 Å². The molecule has 4 unspecified atom stereocenters. The third-order valence-electron chi connectivity index (χ3n) is 6.68. The van der Waals surface area contributed by atoms with Gasteiger partial charge in [0.25, 0.3) is 0 Å². The highest BCUT2D eigenvalue weighted by atomic mass is 16.2. The monoisotopic (exact) mass is 303 g/mol. The number of rotatable bonds is 2. The minimum atomic E-state index is 0.160. The number of nitrogens with zero attached hydrogens (tertiary/aromatic N) is 1. The molecule has 2 radical (unpaired) electrons. The maximum absolute atomic E-state index is 12.9. The summed E-state index contributed by atoms with van der Waals surface area (Å²) in [5.74, 6) is 2.01. The van der Waals surface area contributed by atoms with Crippen molar-refractivity contribution < 1.29 is 4.79 Å². The summed E-state index contributed by atoms with van der Waals surface area (Å²) < 4.78 is 0. The average molecular weight is 303 g/mol. The molecule has 0 bridgehead atoms. The molecule has 0 N–H and O–H groups in total. The van der Waals surface area contributed by atoms with Gasteiger partial charge in [-0.05, 0) is 50.4 Å². The second kappa shape index (κ2) is 6.97. The van der Waals surface area contributed by atoms with Crippen LogP contribution in [0.25, 0.3) is 0 Å². The summed E-state index contributed by atoms with van der Waals surface area (Å²) in [5.41, 5.74) is 0.160. The summed E-state index contributed by atoms with van der Waals surface area (Å²) in [4.78, 5) is 15.0. The van der Waals surface area contributed by atoms with Crippen LogP contribution >= 0.6 is 0 Å². The zero-order valence-corrected chi connectivity index (χ0v) is 15.3. The van der Waals surface area contributed by atoms with E-state index in [0.29, 0.717) is 23.8 Å². The van der Waals surface area contributed by atoms with E-state index in [1.54, 1.807) is 0 Å². The molecular weight excluding hydrogens is 269 g/mol. The van der Waals surface area contributed by atoms with Crippen LogP contribution in [0.4, 0.5) is 0 Å². The van der Waals surface area contributed by atoms with Crippen molar-refractivity contribution in [2.24, 2.45) is 23.2 Å². The van der Waals surface area contributed by atoms with Gasteiger partial charge in [0.15, 0.2) is 0 Å². The number of carbonyl (C=O) groups excluding carboxylic acids is 1. The van der Waals surface area contributed by atoms with E-state index in [9.17, 15) is 4.79 Å². The number of hydrogen-bond acceptors (Lipinski definition) is 1. The summed E-state index contributed by atoms with van der Waals surface area (Å²) >= 11 is 0. The Morgan fingerprint density at radius 3 is 2.36 bits per heavy atom. The van der Waals surface area contributed by atoms with Crippen LogP contribution in [0.3, 0.4) is 0 Å². The average Bonchev–Trinajstić information content (AvgIpc) is 2.50. The highest BCUT2D eigenvalue weighted by Gasteiger charge is 2.43. The van der Waals surface area contributed by atoms with Crippen LogP contribution < -0.4 is 0 Å². The number of amides is 1. The second-order valence-electron chi connectivity index (χ2n) is 8.54. The number of fused-ring (bicyclic) bond motifs is 1. The van der Waals surface area contributed by atoms with Gasteiger partial charge in [-0.3, -0.25) is 4.79 Å². The number of hydrogen-bond donors (Lipinski definition) is 0. The molecule has 1 aliphatic carbocycles. The largest absolute Gasteiger partial charge is 0.340 e. The third-order valence-corrected chi connectivity index (χ3v) is 6.68.